The molecule has 0 saturated carbocycles. The monoisotopic (exact) mass is 298 g/mol. The Kier molecular flexibility index (Phi) is 4.30. The normalized spacial score (nSPS) is 14.7. The SMILES string of the molecule is O=C(O)CC(Sc1ccc2c(c1)CCC2)c1ccccc1. The molecule has 2 aromatic carbocycles. The number of benzene rings is 2. The summed E-state index contributed by atoms with van der Waals surface area (Å²) in [6.45, 7) is 0. The standard InChI is InChI=1S/C18H18O2S/c19-18(20)12-17(14-5-2-1-3-6-14)21-16-10-9-13-7-4-8-15(13)11-16/h1-3,5-6,9-11,17H,4,7-8,12H2,(H,19,20). The summed E-state index contributed by atoms with van der Waals surface area (Å²) in [4.78, 5) is 12.3. The first-order valence-corrected chi connectivity index (χ1v) is 8.15. The molecule has 21 heavy (non-hydrogen) atoms. The van der Waals surface area contributed by atoms with E-state index in [2.05, 4.69) is 18.2 Å². The van der Waals surface area contributed by atoms with Crippen LogP contribution in [0.4, 0.5) is 0 Å². The lowest BCUT2D eigenvalue weighted by molar-refractivity contribution is -0.137. The van der Waals surface area contributed by atoms with Crippen molar-refractivity contribution in [2.45, 2.75) is 35.8 Å². The smallest absolute Gasteiger partial charge is 0.304 e. The van der Waals surface area contributed by atoms with Gasteiger partial charge in [0.05, 0.1) is 6.42 Å². The zero-order chi connectivity index (χ0) is 14.7. The van der Waals surface area contributed by atoms with Crippen LogP contribution >= 0.6 is 11.8 Å². The largest absolute Gasteiger partial charge is 0.481 e. The number of carboxylic acid groups (broad SMARTS) is 1. The van der Waals surface area contributed by atoms with Crippen molar-refractivity contribution >= 4 is 17.7 Å². The van der Waals surface area contributed by atoms with Crippen LogP contribution in [-0.2, 0) is 17.6 Å². The zero-order valence-corrected chi connectivity index (χ0v) is 12.6. The van der Waals surface area contributed by atoms with Gasteiger partial charge in [-0.25, -0.2) is 0 Å². The highest BCUT2D eigenvalue weighted by atomic mass is 32.2. The molecule has 0 radical (unpaired) electrons. The first kappa shape index (κ1) is 14.2. The Hall–Kier alpha value is -1.74. The minimum Gasteiger partial charge on any atom is -0.481 e. The summed E-state index contributed by atoms with van der Waals surface area (Å²) in [5, 5.41) is 9.13. The van der Waals surface area contributed by atoms with Crippen molar-refractivity contribution in [3.63, 3.8) is 0 Å². The number of hydrogen-bond donors (Lipinski definition) is 1. The molecule has 108 valence electrons. The molecule has 3 rings (SSSR count). The van der Waals surface area contributed by atoms with Crippen molar-refractivity contribution in [3.8, 4) is 0 Å². The summed E-state index contributed by atoms with van der Waals surface area (Å²) in [5.74, 6) is -0.752. The molecule has 0 spiro atoms. The van der Waals surface area contributed by atoms with Crippen molar-refractivity contribution in [1.29, 1.82) is 0 Å². The van der Waals surface area contributed by atoms with Crippen LogP contribution in [0.3, 0.4) is 0 Å². The summed E-state index contributed by atoms with van der Waals surface area (Å²) >= 11 is 1.66. The van der Waals surface area contributed by atoms with Crippen LogP contribution in [-0.4, -0.2) is 11.1 Å². The van der Waals surface area contributed by atoms with Crippen molar-refractivity contribution in [3.05, 3.63) is 65.2 Å². The van der Waals surface area contributed by atoms with E-state index < -0.39 is 5.97 Å². The van der Waals surface area contributed by atoms with Gasteiger partial charge in [-0.1, -0.05) is 36.4 Å². The Morgan fingerprint density at radius 1 is 1.10 bits per heavy atom. The van der Waals surface area contributed by atoms with E-state index in [-0.39, 0.29) is 11.7 Å². The van der Waals surface area contributed by atoms with Gasteiger partial charge in [-0.3, -0.25) is 4.79 Å². The van der Waals surface area contributed by atoms with E-state index in [1.54, 1.807) is 11.8 Å². The third-order valence-electron chi connectivity index (χ3n) is 3.88. The molecule has 0 amide bonds. The van der Waals surface area contributed by atoms with Crippen LogP contribution in [0.1, 0.15) is 34.8 Å². The molecular weight excluding hydrogens is 280 g/mol. The Bertz CT molecular complexity index is 637. The Labute approximate surface area is 129 Å². The number of thioether (sulfide) groups is 1. The van der Waals surface area contributed by atoms with Crippen molar-refractivity contribution in [2.75, 3.05) is 0 Å². The topological polar surface area (TPSA) is 37.3 Å². The fraction of sp³-hybridized carbons (Fsp3) is 0.278. The maximum atomic E-state index is 11.1. The average Bonchev–Trinajstić information content (AvgIpc) is 2.94. The molecule has 0 heterocycles. The number of hydrogen-bond acceptors (Lipinski definition) is 2. The third-order valence-corrected chi connectivity index (χ3v) is 5.13. The van der Waals surface area contributed by atoms with Crippen LogP contribution in [0.15, 0.2) is 53.4 Å². The number of fused-ring (bicyclic) bond motifs is 1. The molecular formula is C18H18O2S. The van der Waals surface area contributed by atoms with E-state index in [0.29, 0.717) is 0 Å². The number of carbonyl (C=O) groups is 1. The van der Waals surface area contributed by atoms with Crippen LogP contribution in [0.2, 0.25) is 0 Å². The molecule has 1 atom stereocenters. The molecule has 3 heteroatoms. The quantitative estimate of drug-likeness (QED) is 0.827. The van der Waals surface area contributed by atoms with E-state index in [4.69, 9.17) is 5.11 Å². The molecule has 1 aliphatic rings. The fourth-order valence-corrected chi connectivity index (χ4v) is 4.04. The molecule has 2 aromatic rings. The highest BCUT2D eigenvalue weighted by molar-refractivity contribution is 7.99. The lowest BCUT2D eigenvalue weighted by atomic mass is 10.1. The Morgan fingerprint density at radius 3 is 2.62 bits per heavy atom. The predicted octanol–water partition coefficient (Wildman–Crippen LogP) is 4.48. The number of carboxylic acids is 1. The van der Waals surface area contributed by atoms with Crippen LogP contribution in [0, 0.1) is 0 Å². The van der Waals surface area contributed by atoms with Crippen LogP contribution in [0.5, 0.6) is 0 Å². The van der Waals surface area contributed by atoms with Gasteiger partial charge in [0, 0.05) is 10.1 Å². The second-order valence-corrected chi connectivity index (χ2v) is 6.68. The van der Waals surface area contributed by atoms with E-state index >= 15 is 0 Å². The minimum atomic E-state index is -0.752. The molecule has 2 nitrogen and oxygen atoms in total. The number of aryl methyl sites for hydroxylation is 2. The van der Waals surface area contributed by atoms with Gasteiger partial charge in [0.15, 0.2) is 0 Å². The fourth-order valence-electron chi connectivity index (χ4n) is 2.84. The summed E-state index contributed by atoms with van der Waals surface area (Å²) in [5.41, 5.74) is 3.96. The Balaban J connectivity index is 1.82. The lowest BCUT2D eigenvalue weighted by Crippen LogP contribution is -2.03. The Morgan fingerprint density at radius 2 is 1.86 bits per heavy atom. The van der Waals surface area contributed by atoms with Gasteiger partial charge in [0.2, 0.25) is 0 Å². The van der Waals surface area contributed by atoms with Gasteiger partial charge in [0.25, 0.3) is 0 Å². The predicted molar refractivity (Wildman–Crippen MR) is 85.8 cm³/mol. The second-order valence-electron chi connectivity index (χ2n) is 5.40. The molecule has 0 fully saturated rings. The first-order valence-electron chi connectivity index (χ1n) is 7.27. The van der Waals surface area contributed by atoms with Gasteiger partial charge >= 0.3 is 5.97 Å². The molecule has 1 unspecified atom stereocenters. The second kappa shape index (κ2) is 6.35. The maximum Gasteiger partial charge on any atom is 0.304 e. The number of rotatable bonds is 5. The van der Waals surface area contributed by atoms with E-state index in [1.807, 2.05) is 30.3 Å². The molecule has 0 aliphatic heterocycles. The molecule has 0 saturated heterocycles. The highest BCUT2D eigenvalue weighted by Crippen LogP contribution is 2.39. The van der Waals surface area contributed by atoms with E-state index in [0.717, 1.165) is 12.0 Å². The summed E-state index contributed by atoms with van der Waals surface area (Å²) < 4.78 is 0. The van der Waals surface area contributed by atoms with Gasteiger partial charge in [-0.15, -0.1) is 11.8 Å². The molecule has 0 bridgehead atoms. The van der Waals surface area contributed by atoms with Crippen molar-refractivity contribution < 1.29 is 9.90 Å². The van der Waals surface area contributed by atoms with Gasteiger partial charge < -0.3 is 5.11 Å². The molecule has 0 aromatic heterocycles. The average molecular weight is 298 g/mol. The van der Waals surface area contributed by atoms with Gasteiger partial charge in [-0.2, -0.15) is 0 Å². The van der Waals surface area contributed by atoms with Crippen LogP contribution < -0.4 is 0 Å². The highest BCUT2D eigenvalue weighted by Gasteiger charge is 2.18. The first-order chi connectivity index (χ1) is 10.2. The van der Waals surface area contributed by atoms with E-state index in [9.17, 15) is 4.79 Å². The third kappa shape index (κ3) is 3.48. The molecule has 1 N–H and O–H groups in total. The summed E-state index contributed by atoms with van der Waals surface area (Å²) in [7, 11) is 0. The van der Waals surface area contributed by atoms with E-state index in [1.165, 1.54) is 28.9 Å². The van der Waals surface area contributed by atoms with Crippen molar-refractivity contribution in [1.82, 2.24) is 0 Å². The molecule has 1 aliphatic carbocycles. The summed E-state index contributed by atoms with van der Waals surface area (Å²) in [6.07, 6.45) is 3.71. The van der Waals surface area contributed by atoms with Gasteiger partial charge in [-0.05, 0) is 48.1 Å². The van der Waals surface area contributed by atoms with Crippen molar-refractivity contribution in [2.24, 2.45) is 0 Å². The lowest BCUT2D eigenvalue weighted by Gasteiger charge is -2.15. The zero-order valence-electron chi connectivity index (χ0n) is 11.8. The van der Waals surface area contributed by atoms with Gasteiger partial charge in [0.1, 0.15) is 0 Å². The number of aliphatic carboxylic acids is 1. The summed E-state index contributed by atoms with van der Waals surface area (Å²) in [6, 6.07) is 16.5. The minimum absolute atomic E-state index is 0.0387. The maximum absolute atomic E-state index is 11.1. The van der Waals surface area contributed by atoms with Crippen LogP contribution in [0.25, 0.3) is 0 Å².